The van der Waals surface area contributed by atoms with Gasteiger partial charge in [0.15, 0.2) is 0 Å². The van der Waals surface area contributed by atoms with E-state index in [9.17, 15) is 4.79 Å². The minimum atomic E-state index is -0.513. The molecule has 0 fully saturated rings. The number of nitrogens with zero attached hydrogens (tertiary/aromatic N) is 2. The highest BCUT2D eigenvalue weighted by Gasteiger charge is 2.02. The summed E-state index contributed by atoms with van der Waals surface area (Å²) in [4.78, 5) is 19.6. The van der Waals surface area contributed by atoms with Crippen molar-refractivity contribution in [1.82, 2.24) is 4.98 Å². The molecule has 0 bridgehead atoms. The Labute approximate surface area is 117 Å². The van der Waals surface area contributed by atoms with Crippen LogP contribution in [0.1, 0.15) is 12.5 Å². The van der Waals surface area contributed by atoms with Gasteiger partial charge in [-0.2, -0.15) is 0 Å². The lowest BCUT2D eigenvalue weighted by molar-refractivity contribution is 0.168. The third-order valence-corrected chi connectivity index (χ3v) is 2.42. The lowest BCUT2D eigenvalue weighted by Crippen LogP contribution is -2.13. The highest BCUT2D eigenvalue weighted by molar-refractivity contribution is 5.84. The summed E-state index contributed by atoms with van der Waals surface area (Å²) in [5.41, 5.74) is 1.73. The van der Waals surface area contributed by atoms with Crippen molar-refractivity contribution in [3.8, 4) is 0 Å². The first-order chi connectivity index (χ1) is 9.78. The van der Waals surface area contributed by atoms with Crippen LogP contribution >= 0.6 is 0 Å². The molecule has 2 aromatic rings. The van der Waals surface area contributed by atoms with Crippen molar-refractivity contribution in [3.63, 3.8) is 0 Å². The summed E-state index contributed by atoms with van der Waals surface area (Å²) >= 11 is 0. The number of nitrogens with one attached hydrogen (secondary N) is 1. The van der Waals surface area contributed by atoms with Crippen LogP contribution in [0.25, 0.3) is 0 Å². The van der Waals surface area contributed by atoms with E-state index in [-0.39, 0.29) is 0 Å². The van der Waals surface area contributed by atoms with Gasteiger partial charge < -0.3 is 4.74 Å². The van der Waals surface area contributed by atoms with E-state index < -0.39 is 6.09 Å². The average molecular weight is 269 g/mol. The van der Waals surface area contributed by atoms with E-state index in [1.54, 1.807) is 31.5 Å². The number of carbonyl (C=O) groups excluding carboxylic acids is 1. The number of hydrogen-bond acceptors (Lipinski definition) is 4. The van der Waals surface area contributed by atoms with E-state index in [0.29, 0.717) is 18.1 Å². The molecule has 1 aromatic heterocycles. The van der Waals surface area contributed by atoms with Gasteiger partial charge in [0, 0.05) is 6.21 Å². The molecule has 0 saturated carbocycles. The zero-order valence-corrected chi connectivity index (χ0v) is 11.1. The van der Waals surface area contributed by atoms with Crippen LogP contribution in [0.3, 0.4) is 0 Å². The Bertz CT molecular complexity index is 580. The maximum absolute atomic E-state index is 11.2. The molecular weight excluding hydrogens is 254 g/mol. The quantitative estimate of drug-likeness (QED) is 0.865. The number of rotatable bonds is 4. The zero-order valence-electron chi connectivity index (χ0n) is 11.1. The Morgan fingerprint density at radius 2 is 2.10 bits per heavy atom. The predicted octanol–water partition coefficient (Wildman–Crippen LogP) is 3.40. The molecule has 0 atom stereocenters. The summed E-state index contributed by atoms with van der Waals surface area (Å²) in [5, 5.41) is 2.52. The Kier molecular flexibility index (Phi) is 4.83. The summed E-state index contributed by atoms with van der Waals surface area (Å²) < 4.78 is 4.76. The number of anilines is 1. The van der Waals surface area contributed by atoms with Gasteiger partial charge in [0.05, 0.1) is 18.5 Å². The molecule has 0 aliphatic heterocycles. The Hall–Kier alpha value is -2.69. The maximum atomic E-state index is 11.2. The van der Waals surface area contributed by atoms with Crippen LogP contribution in [-0.2, 0) is 4.74 Å². The van der Waals surface area contributed by atoms with Gasteiger partial charge in [-0.25, -0.2) is 9.78 Å². The van der Waals surface area contributed by atoms with E-state index >= 15 is 0 Å². The van der Waals surface area contributed by atoms with E-state index in [1.807, 2.05) is 30.3 Å². The topological polar surface area (TPSA) is 63.6 Å². The highest BCUT2D eigenvalue weighted by Crippen LogP contribution is 2.13. The molecule has 2 rings (SSSR count). The van der Waals surface area contributed by atoms with Gasteiger partial charge in [0.2, 0.25) is 0 Å². The van der Waals surface area contributed by atoms with Crippen LogP contribution in [0.5, 0.6) is 0 Å². The predicted molar refractivity (Wildman–Crippen MR) is 78.6 cm³/mol. The summed E-state index contributed by atoms with van der Waals surface area (Å²) in [6.07, 6.45) is 2.83. The number of hydrogen-bond donors (Lipinski definition) is 1. The molecule has 20 heavy (non-hydrogen) atoms. The number of amides is 1. The van der Waals surface area contributed by atoms with Crippen LogP contribution in [0.2, 0.25) is 0 Å². The van der Waals surface area contributed by atoms with Crippen molar-refractivity contribution in [2.75, 3.05) is 11.9 Å². The number of ether oxygens (including phenoxy) is 1. The molecular formula is C15H15N3O2. The van der Waals surface area contributed by atoms with Gasteiger partial charge in [0.1, 0.15) is 5.82 Å². The van der Waals surface area contributed by atoms with E-state index in [0.717, 1.165) is 5.56 Å². The minimum absolute atomic E-state index is 0.325. The second-order valence-corrected chi connectivity index (χ2v) is 3.92. The third-order valence-electron chi connectivity index (χ3n) is 2.42. The molecule has 0 aliphatic rings. The number of benzene rings is 1. The van der Waals surface area contributed by atoms with Crippen molar-refractivity contribution < 1.29 is 9.53 Å². The zero-order chi connectivity index (χ0) is 14.2. The maximum Gasteiger partial charge on any atom is 0.412 e. The third kappa shape index (κ3) is 4.20. The highest BCUT2D eigenvalue weighted by atomic mass is 16.5. The molecule has 0 unspecified atom stereocenters. The minimum Gasteiger partial charge on any atom is -0.450 e. The fourth-order valence-electron chi connectivity index (χ4n) is 1.50. The number of aliphatic imine (C=N–C) groups is 1. The number of aromatic nitrogens is 1. The van der Waals surface area contributed by atoms with Crippen molar-refractivity contribution in [2.45, 2.75) is 6.92 Å². The molecule has 1 heterocycles. The first kappa shape index (κ1) is 13.7. The summed E-state index contributed by atoms with van der Waals surface area (Å²) in [6, 6.07) is 13.2. The van der Waals surface area contributed by atoms with Crippen LogP contribution in [0.15, 0.2) is 53.7 Å². The molecule has 5 heteroatoms. The van der Waals surface area contributed by atoms with E-state index in [2.05, 4.69) is 15.3 Å². The molecule has 1 aromatic carbocycles. The molecule has 1 N–H and O–H groups in total. The fraction of sp³-hybridized carbons (Fsp3) is 0.133. The van der Waals surface area contributed by atoms with Crippen molar-refractivity contribution in [2.24, 2.45) is 4.99 Å². The molecule has 0 saturated heterocycles. The Balaban J connectivity index is 1.98. The second-order valence-electron chi connectivity index (χ2n) is 3.92. The van der Waals surface area contributed by atoms with Crippen LogP contribution in [0, 0.1) is 0 Å². The van der Waals surface area contributed by atoms with E-state index in [1.165, 1.54) is 0 Å². The molecule has 1 amide bonds. The van der Waals surface area contributed by atoms with Gasteiger partial charge in [0.25, 0.3) is 0 Å². The summed E-state index contributed by atoms with van der Waals surface area (Å²) in [5.74, 6) is 0.433. The van der Waals surface area contributed by atoms with Gasteiger partial charge >= 0.3 is 6.09 Å². The molecule has 0 aliphatic carbocycles. The fourth-order valence-corrected chi connectivity index (χ4v) is 1.50. The first-order valence-corrected chi connectivity index (χ1v) is 6.27. The van der Waals surface area contributed by atoms with E-state index in [4.69, 9.17) is 4.74 Å². The smallest absolute Gasteiger partial charge is 0.412 e. The largest absolute Gasteiger partial charge is 0.450 e. The second kappa shape index (κ2) is 7.04. The summed E-state index contributed by atoms with van der Waals surface area (Å²) in [7, 11) is 0. The molecule has 102 valence electrons. The van der Waals surface area contributed by atoms with Crippen LogP contribution in [0.4, 0.5) is 16.3 Å². The standard InChI is InChI=1S/C15H15N3O2/c1-2-20-15(19)18-14-9-8-13(11-17-14)16-10-12-6-4-3-5-7-12/h3-11H,2H2,1H3,(H,17,18,19)/b16-10+. The first-order valence-electron chi connectivity index (χ1n) is 6.27. The molecule has 0 spiro atoms. The summed E-state index contributed by atoms with van der Waals surface area (Å²) in [6.45, 7) is 2.07. The number of carbonyl (C=O) groups is 1. The van der Waals surface area contributed by atoms with Crippen LogP contribution < -0.4 is 5.32 Å². The van der Waals surface area contributed by atoms with Gasteiger partial charge in [-0.1, -0.05) is 30.3 Å². The van der Waals surface area contributed by atoms with Crippen LogP contribution in [-0.4, -0.2) is 23.9 Å². The van der Waals surface area contributed by atoms with Gasteiger partial charge in [-0.05, 0) is 24.6 Å². The lowest BCUT2D eigenvalue weighted by atomic mass is 10.2. The normalized spacial score (nSPS) is 10.4. The molecule has 5 nitrogen and oxygen atoms in total. The van der Waals surface area contributed by atoms with Crippen molar-refractivity contribution in [3.05, 3.63) is 54.2 Å². The Morgan fingerprint density at radius 1 is 1.30 bits per heavy atom. The lowest BCUT2D eigenvalue weighted by Gasteiger charge is -2.03. The van der Waals surface area contributed by atoms with Gasteiger partial charge in [-0.15, -0.1) is 0 Å². The van der Waals surface area contributed by atoms with Crippen molar-refractivity contribution >= 4 is 23.8 Å². The SMILES string of the molecule is CCOC(=O)Nc1ccc(/N=C/c2ccccc2)cn1. The van der Waals surface area contributed by atoms with Crippen molar-refractivity contribution in [1.29, 1.82) is 0 Å². The Morgan fingerprint density at radius 3 is 2.75 bits per heavy atom. The average Bonchev–Trinajstić information content (AvgIpc) is 2.48. The number of pyridine rings is 1. The monoisotopic (exact) mass is 269 g/mol. The van der Waals surface area contributed by atoms with Gasteiger partial charge in [-0.3, -0.25) is 10.3 Å². The molecule has 0 radical (unpaired) electrons.